The fraction of sp³-hybridized carbons (Fsp3) is 0.611. The summed E-state index contributed by atoms with van der Waals surface area (Å²) < 4.78 is 0.803. The number of carbonyl (C=O) groups excluding carboxylic acids is 1. The van der Waals surface area contributed by atoms with Gasteiger partial charge in [0.1, 0.15) is 11.5 Å². The predicted molar refractivity (Wildman–Crippen MR) is 85.4 cm³/mol. The molecule has 0 amide bonds. The minimum atomic E-state index is -0.0488. The number of fused-ring (bicyclic) bond motifs is 5. The summed E-state index contributed by atoms with van der Waals surface area (Å²) in [5, 5.41) is 9.91. The van der Waals surface area contributed by atoms with Crippen molar-refractivity contribution in [2.45, 2.75) is 51.4 Å². The van der Waals surface area contributed by atoms with Crippen molar-refractivity contribution in [3.8, 4) is 5.75 Å². The average Bonchev–Trinajstić information content (AvgIpc) is 2.76. The van der Waals surface area contributed by atoms with Gasteiger partial charge in [0, 0.05) is 11.8 Å². The highest BCUT2D eigenvalue weighted by molar-refractivity contribution is 9.10. The monoisotopic (exact) mass is 348 g/mol. The van der Waals surface area contributed by atoms with E-state index in [1.807, 2.05) is 6.07 Å². The van der Waals surface area contributed by atoms with E-state index < -0.39 is 0 Å². The first kappa shape index (κ1) is 13.8. The van der Waals surface area contributed by atoms with Crippen LogP contribution in [0, 0.1) is 17.3 Å². The molecule has 21 heavy (non-hydrogen) atoms. The van der Waals surface area contributed by atoms with Crippen LogP contribution in [-0.2, 0) is 11.2 Å². The molecule has 1 aromatic rings. The van der Waals surface area contributed by atoms with Gasteiger partial charge in [-0.2, -0.15) is 0 Å². The van der Waals surface area contributed by atoms with Crippen molar-refractivity contribution in [2.75, 3.05) is 0 Å². The Morgan fingerprint density at radius 1 is 1.24 bits per heavy atom. The molecule has 0 radical (unpaired) electrons. The molecule has 0 saturated heterocycles. The Morgan fingerprint density at radius 3 is 2.86 bits per heavy atom. The van der Waals surface area contributed by atoms with E-state index in [0.29, 0.717) is 29.3 Å². The highest BCUT2D eigenvalue weighted by atomic mass is 79.9. The zero-order valence-electron chi connectivity index (χ0n) is 12.4. The quantitative estimate of drug-likeness (QED) is 0.744. The number of carbonyl (C=O) groups is 1. The van der Waals surface area contributed by atoms with Crippen LogP contribution in [0.25, 0.3) is 0 Å². The Balaban J connectivity index is 1.75. The van der Waals surface area contributed by atoms with Gasteiger partial charge in [0.15, 0.2) is 0 Å². The number of phenolic OH excluding ortho intramolecular Hbond substituents is 1. The molecule has 1 aromatic carbocycles. The zero-order chi connectivity index (χ0) is 14.8. The molecule has 0 spiro atoms. The van der Waals surface area contributed by atoms with Gasteiger partial charge in [0.2, 0.25) is 0 Å². The SMILES string of the molecule is CC12CCC3c4cc(Br)c(O)cc4CCC3C1CCC2=O. The fourth-order valence-corrected chi connectivity index (χ4v) is 5.71. The van der Waals surface area contributed by atoms with Crippen LogP contribution in [0.3, 0.4) is 0 Å². The predicted octanol–water partition coefficient (Wildman–Crippen LogP) is 4.58. The topological polar surface area (TPSA) is 37.3 Å². The lowest BCUT2D eigenvalue weighted by molar-refractivity contribution is -0.129. The smallest absolute Gasteiger partial charge is 0.139 e. The van der Waals surface area contributed by atoms with Gasteiger partial charge < -0.3 is 5.11 Å². The van der Waals surface area contributed by atoms with Crippen molar-refractivity contribution < 1.29 is 9.90 Å². The van der Waals surface area contributed by atoms with Crippen LogP contribution in [0.1, 0.15) is 56.1 Å². The summed E-state index contributed by atoms with van der Waals surface area (Å²) in [6.45, 7) is 2.21. The van der Waals surface area contributed by atoms with E-state index in [1.165, 1.54) is 17.5 Å². The second-order valence-corrected chi connectivity index (χ2v) is 8.19. The second-order valence-electron chi connectivity index (χ2n) is 7.34. The number of benzene rings is 1. The summed E-state index contributed by atoms with van der Waals surface area (Å²) in [4.78, 5) is 12.3. The molecule has 3 heteroatoms. The number of hydrogen-bond donors (Lipinski definition) is 1. The van der Waals surface area contributed by atoms with Crippen molar-refractivity contribution in [3.05, 3.63) is 27.7 Å². The van der Waals surface area contributed by atoms with E-state index in [-0.39, 0.29) is 5.41 Å². The standard InChI is InChI=1S/C18H21BrO2/c1-18-7-6-11-12(14(18)4-5-17(18)21)3-2-10-8-16(20)15(19)9-13(10)11/h8-9,11-12,14,20H,2-7H2,1H3. The molecule has 2 fully saturated rings. The van der Waals surface area contributed by atoms with E-state index in [9.17, 15) is 9.90 Å². The van der Waals surface area contributed by atoms with Crippen LogP contribution < -0.4 is 0 Å². The summed E-state index contributed by atoms with van der Waals surface area (Å²) in [6, 6.07) is 4.06. The number of ketones is 1. The summed E-state index contributed by atoms with van der Waals surface area (Å²) in [5.74, 6) is 2.66. The molecule has 3 aliphatic carbocycles. The summed E-state index contributed by atoms with van der Waals surface area (Å²) in [7, 11) is 0. The lowest BCUT2D eigenvalue weighted by atomic mass is 9.55. The number of aryl methyl sites for hydroxylation is 1. The first-order valence-corrected chi connectivity index (χ1v) is 8.84. The van der Waals surface area contributed by atoms with Gasteiger partial charge in [0.05, 0.1) is 4.47 Å². The van der Waals surface area contributed by atoms with E-state index in [2.05, 4.69) is 28.9 Å². The van der Waals surface area contributed by atoms with E-state index >= 15 is 0 Å². The van der Waals surface area contributed by atoms with Crippen LogP contribution >= 0.6 is 15.9 Å². The van der Waals surface area contributed by atoms with Crippen molar-refractivity contribution in [1.29, 1.82) is 0 Å². The third kappa shape index (κ3) is 1.86. The maximum atomic E-state index is 12.3. The number of hydrogen-bond acceptors (Lipinski definition) is 2. The Labute approximate surface area is 134 Å². The number of phenols is 1. The van der Waals surface area contributed by atoms with Crippen LogP contribution in [0.4, 0.5) is 0 Å². The molecule has 4 rings (SSSR count). The van der Waals surface area contributed by atoms with Gasteiger partial charge in [-0.1, -0.05) is 6.92 Å². The number of Topliss-reactive ketones (excluding diaryl/α,β-unsaturated/α-hetero) is 1. The van der Waals surface area contributed by atoms with Gasteiger partial charge in [-0.3, -0.25) is 4.79 Å². The molecule has 4 unspecified atom stereocenters. The normalized spacial score (nSPS) is 37.8. The molecule has 2 saturated carbocycles. The summed E-state index contributed by atoms with van der Waals surface area (Å²) >= 11 is 3.46. The van der Waals surface area contributed by atoms with Gasteiger partial charge in [-0.05, 0) is 89.0 Å². The van der Waals surface area contributed by atoms with Crippen molar-refractivity contribution in [3.63, 3.8) is 0 Å². The third-order valence-electron chi connectivity index (χ3n) is 6.50. The third-order valence-corrected chi connectivity index (χ3v) is 7.14. The molecule has 112 valence electrons. The average molecular weight is 349 g/mol. The Bertz CT molecular complexity index is 624. The Kier molecular flexibility index (Phi) is 3.01. The molecule has 1 N–H and O–H groups in total. The van der Waals surface area contributed by atoms with Gasteiger partial charge >= 0.3 is 0 Å². The second kappa shape index (κ2) is 4.58. The van der Waals surface area contributed by atoms with Crippen LogP contribution in [0.5, 0.6) is 5.75 Å². The number of rotatable bonds is 0. The molecular formula is C18H21BrO2. The molecule has 0 aliphatic heterocycles. The van der Waals surface area contributed by atoms with Gasteiger partial charge in [-0.25, -0.2) is 0 Å². The lowest BCUT2D eigenvalue weighted by Gasteiger charge is -2.48. The molecule has 0 heterocycles. The highest BCUT2D eigenvalue weighted by Crippen LogP contribution is 2.59. The minimum Gasteiger partial charge on any atom is -0.507 e. The molecule has 4 atom stereocenters. The molecular weight excluding hydrogens is 328 g/mol. The first-order chi connectivity index (χ1) is 10.0. The van der Waals surface area contributed by atoms with Gasteiger partial charge in [-0.15, -0.1) is 0 Å². The van der Waals surface area contributed by atoms with Crippen molar-refractivity contribution in [2.24, 2.45) is 17.3 Å². The number of aromatic hydroxyl groups is 1. The zero-order valence-corrected chi connectivity index (χ0v) is 13.9. The highest BCUT2D eigenvalue weighted by Gasteiger charge is 2.54. The van der Waals surface area contributed by atoms with E-state index in [4.69, 9.17) is 0 Å². The Hall–Kier alpha value is -0.830. The minimum absolute atomic E-state index is 0.0488. The van der Waals surface area contributed by atoms with Crippen LogP contribution in [0.15, 0.2) is 16.6 Å². The molecule has 2 nitrogen and oxygen atoms in total. The Morgan fingerprint density at radius 2 is 2.05 bits per heavy atom. The van der Waals surface area contributed by atoms with Crippen LogP contribution in [0.2, 0.25) is 0 Å². The maximum Gasteiger partial charge on any atom is 0.139 e. The summed E-state index contributed by atoms with van der Waals surface area (Å²) in [6.07, 6.45) is 6.25. The molecule has 3 aliphatic rings. The maximum absolute atomic E-state index is 12.3. The fourth-order valence-electron chi connectivity index (χ4n) is 5.35. The van der Waals surface area contributed by atoms with Crippen LogP contribution in [-0.4, -0.2) is 10.9 Å². The first-order valence-electron chi connectivity index (χ1n) is 8.05. The molecule has 0 aromatic heterocycles. The van der Waals surface area contributed by atoms with Gasteiger partial charge in [0.25, 0.3) is 0 Å². The lowest BCUT2D eigenvalue weighted by Crippen LogP contribution is -2.42. The largest absolute Gasteiger partial charge is 0.507 e. The summed E-state index contributed by atoms with van der Waals surface area (Å²) in [5.41, 5.74) is 2.68. The molecule has 0 bridgehead atoms. The van der Waals surface area contributed by atoms with Crippen molar-refractivity contribution in [1.82, 2.24) is 0 Å². The van der Waals surface area contributed by atoms with Crippen molar-refractivity contribution >= 4 is 21.7 Å². The number of halogens is 1. The van der Waals surface area contributed by atoms with E-state index in [0.717, 1.165) is 36.6 Å². The van der Waals surface area contributed by atoms with E-state index in [1.54, 1.807) is 0 Å².